The number of rotatable bonds is 38. The predicted molar refractivity (Wildman–Crippen MR) is 196 cm³/mol. The van der Waals surface area contributed by atoms with Crippen molar-refractivity contribution in [2.45, 2.75) is 219 Å². The average Bonchev–Trinajstić information content (AvgIpc) is 3.06. The summed E-state index contributed by atoms with van der Waals surface area (Å²) in [6.07, 6.45) is 32.7. The summed E-state index contributed by atoms with van der Waals surface area (Å²) in [5.74, 6) is -0.813. The number of phosphoric acid groups is 1. The Bertz CT molecular complexity index is 769. The number of hydrogen-bond acceptors (Lipinski definition) is 8. The van der Waals surface area contributed by atoms with Crippen LogP contribution >= 0.6 is 7.82 Å². The Kier molecular flexibility index (Phi) is 41.0. The van der Waals surface area contributed by atoms with E-state index in [4.69, 9.17) is 18.5 Å². The summed E-state index contributed by atoms with van der Waals surface area (Å²) >= 11 is 0. The van der Waals surface area contributed by atoms with Crippen LogP contribution in [-0.4, -0.2) is 37.9 Å². The molecule has 10 heteroatoms. The summed E-state index contributed by atoms with van der Waals surface area (Å²) in [5, 5.41) is 0. The second-order valence-corrected chi connectivity index (χ2v) is 15.1. The molecule has 0 saturated heterocycles. The molecule has 0 bridgehead atoms. The Hall–Kier alpha value is 0.0500. The van der Waals surface area contributed by atoms with Crippen LogP contribution in [0.1, 0.15) is 213 Å². The summed E-state index contributed by atoms with van der Waals surface area (Å²) in [7, 11) is -4.54. The summed E-state index contributed by atoms with van der Waals surface area (Å²) < 4.78 is 32.8. The molecule has 0 amide bonds. The molecule has 0 N–H and O–H groups in total. The molecule has 0 heterocycles. The third kappa shape index (κ3) is 39.1. The van der Waals surface area contributed by atoms with Crippen molar-refractivity contribution >= 4 is 19.8 Å². The molecule has 0 aromatic heterocycles. The fourth-order valence-corrected chi connectivity index (χ4v) is 6.50. The zero-order valence-electron chi connectivity index (χ0n) is 32.6. The Labute approximate surface area is 324 Å². The minimum absolute atomic E-state index is 0. The van der Waals surface area contributed by atoms with Gasteiger partial charge in [0.2, 0.25) is 0 Å². The van der Waals surface area contributed by atoms with Gasteiger partial charge in [0.25, 0.3) is 7.82 Å². The van der Waals surface area contributed by atoms with E-state index >= 15 is 0 Å². The summed E-state index contributed by atoms with van der Waals surface area (Å²) in [6, 6.07) is 0. The third-order valence-electron chi connectivity index (χ3n) is 8.86. The molecular weight excluding hydrogens is 650 g/mol. The third-order valence-corrected chi connectivity index (χ3v) is 9.83. The maximum absolute atomic E-state index is 12.5. The first-order chi connectivity index (χ1) is 23.3. The van der Waals surface area contributed by atoms with Crippen molar-refractivity contribution in [1.29, 1.82) is 0 Å². The number of carbonyl (C=O) groups is 2. The fraction of sp³-hybridized carbons (Fsp3) is 0.949. The zero-order valence-corrected chi connectivity index (χ0v) is 35.5. The quantitative estimate of drug-likeness (QED) is 0.0269. The van der Waals surface area contributed by atoms with Gasteiger partial charge >= 0.3 is 41.5 Å². The Balaban J connectivity index is 0. The molecule has 0 fully saturated rings. The van der Waals surface area contributed by atoms with Crippen LogP contribution < -0.4 is 34.5 Å². The molecule has 286 valence electrons. The van der Waals surface area contributed by atoms with Crippen LogP contribution in [0.4, 0.5) is 0 Å². The molecule has 0 spiro atoms. The molecular formula is C39H76NaO8P. The summed E-state index contributed by atoms with van der Waals surface area (Å²) in [6.45, 7) is 5.78. The van der Waals surface area contributed by atoms with E-state index in [9.17, 15) is 19.0 Å². The second-order valence-electron chi connectivity index (χ2n) is 13.7. The molecule has 0 aliphatic carbocycles. The van der Waals surface area contributed by atoms with E-state index in [0.29, 0.717) is 19.3 Å². The Morgan fingerprint density at radius 3 is 1.22 bits per heavy atom. The number of unbranched alkanes of at least 4 members (excludes halogenated alkanes) is 25. The molecule has 0 aromatic rings. The van der Waals surface area contributed by atoms with E-state index in [-0.39, 0.29) is 55.2 Å². The van der Waals surface area contributed by atoms with Gasteiger partial charge in [0.1, 0.15) is 6.61 Å². The van der Waals surface area contributed by atoms with Crippen LogP contribution in [-0.2, 0) is 32.7 Å². The average molecular weight is 727 g/mol. The summed E-state index contributed by atoms with van der Waals surface area (Å²) in [5.41, 5.74) is 0. The number of carbonyl (C=O) groups excluding carboxylic acids is 2. The fourth-order valence-electron chi connectivity index (χ4n) is 5.73. The maximum atomic E-state index is 12.5. The van der Waals surface area contributed by atoms with Crippen LogP contribution in [0, 0.1) is 0 Å². The van der Waals surface area contributed by atoms with E-state index in [0.717, 1.165) is 38.5 Å². The Morgan fingerprint density at radius 1 is 0.490 bits per heavy atom. The van der Waals surface area contributed by atoms with Crippen molar-refractivity contribution in [3.05, 3.63) is 0 Å². The standard InChI is InChI=1S/C39H77O8P.Na/c1-4-7-10-12-14-16-18-20-22-24-26-28-30-32-38(40)44-35-37(36-46-48(42,43)45-34-9-6-3)47-39(41)33-31-29-27-25-23-21-19-17-15-13-11-8-5-2;/h37H,4-36H2,1-3H3,(H,42,43);/q;+1/p-1. The summed E-state index contributed by atoms with van der Waals surface area (Å²) in [4.78, 5) is 37.0. The van der Waals surface area contributed by atoms with Gasteiger partial charge in [-0.1, -0.05) is 181 Å². The van der Waals surface area contributed by atoms with Gasteiger partial charge in [-0.3, -0.25) is 14.2 Å². The number of hydrogen-bond donors (Lipinski definition) is 0. The van der Waals surface area contributed by atoms with Crippen molar-refractivity contribution in [1.82, 2.24) is 0 Å². The van der Waals surface area contributed by atoms with Crippen LogP contribution in [0.3, 0.4) is 0 Å². The van der Waals surface area contributed by atoms with Crippen molar-refractivity contribution in [3.8, 4) is 0 Å². The molecule has 0 saturated carbocycles. The molecule has 0 aliphatic rings. The van der Waals surface area contributed by atoms with Crippen molar-refractivity contribution in [2.24, 2.45) is 0 Å². The van der Waals surface area contributed by atoms with E-state index in [1.807, 2.05) is 6.92 Å². The van der Waals surface area contributed by atoms with Crippen molar-refractivity contribution < 1.29 is 67.1 Å². The maximum Gasteiger partial charge on any atom is 1.00 e. The van der Waals surface area contributed by atoms with Crippen LogP contribution in [0.25, 0.3) is 0 Å². The van der Waals surface area contributed by atoms with Crippen molar-refractivity contribution in [2.75, 3.05) is 19.8 Å². The number of phosphoric ester groups is 1. The van der Waals surface area contributed by atoms with Gasteiger partial charge in [-0.05, 0) is 19.3 Å². The first kappa shape index (κ1) is 51.2. The molecule has 2 unspecified atom stereocenters. The first-order valence-corrected chi connectivity index (χ1v) is 21.8. The van der Waals surface area contributed by atoms with E-state index in [2.05, 4.69) is 13.8 Å². The second kappa shape index (κ2) is 39.3. The number of esters is 2. The topological polar surface area (TPSA) is 111 Å². The molecule has 0 aliphatic heterocycles. The Morgan fingerprint density at radius 2 is 0.837 bits per heavy atom. The normalized spacial score (nSPS) is 13.1. The SMILES string of the molecule is CCCCCCCCCCCCCCCC(=O)OCC(COP(=O)([O-])OCCCC)OC(=O)CCCCCCCCCCCCCCC.[Na+]. The largest absolute Gasteiger partial charge is 1.00 e. The zero-order chi connectivity index (χ0) is 35.4. The molecule has 49 heavy (non-hydrogen) atoms. The van der Waals surface area contributed by atoms with Gasteiger partial charge in [-0.25, -0.2) is 0 Å². The van der Waals surface area contributed by atoms with Gasteiger partial charge < -0.3 is 23.4 Å². The molecule has 2 atom stereocenters. The molecule has 0 aromatic carbocycles. The molecule has 0 rings (SSSR count). The van der Waals surface area contributed by atoms with E-state index in [1.165, 1.54) is 128 Å². The van der Waals surface area contributed by atoms with E-state index < -0.39 is 26.5 Å². The first-order valence-electron chi connectivity index (χ1n) is 20.3. The minimum atomic E-state index is -4.54. The molecule has 8 nitrogen and oxygen atoms in total. The smallest absolute Gasteiger partial charge is 0.756 e. The van der Waals surface area contributed by atoms with Gasteiger partial charge in [0.15, 0.2) is 6.10 Å². The van der Waals surface area contributed by atoms with E-state index in [1.54, 1.807) is 0 Å². The molecule has 0 radical (unpaired) electrons. The van der Waals surface area contributed by atoms with Gasteiger partial charge in [-0.15, -0.1) is 0 Å². The minimum Gasteiger partial charge on any atom is -0.756 e. The van der Waals surface area contributed by atoms with Crippen LogP contribution in [0.2, 0.25) is 0 Å². The van der Waals surface area contributed by atoms with Gasteiger partial charge in [0.05, 0.1) is 13.2 Å². The van der Waals surface area contributed by atoms with Gasteiger partial charge in [0, 0.05) is 12.8 Å². The monoisotopic (exact) mass is 727 g/mol. The van der Waals surface area contributed by atoms with Crippen LogP contribution in [0.15, 0.2) is 0 Å². The predicted octanol–water partition coefficient (Wildman–Crippen LogP) is 8.71. The van der Waals surface area contributed by atoms with Gasteiger partial charge in [-0.2, -0.15) is 0 Å². The number of ether oxygens (including phenoxy) is 2. The van der Waals surface area contributed by atoms with Crippen LogP contribution in [0.5, 0.6) is 0 Å². The van der Waals surface area contributed by atoms with Crippen molar-refractivity contribution in [3.63, 3.8) is 0 Å².